The first-order chi connectivity index (χ1) is 5.52. The fourth-order valence-electron chi connectivity index (χ4n) is 1.56. The summed E-state index contributed by atoms with van der Waals surface area (Å²) in [7, 11) is 3.78. The summed E-state index contributed by atoms with van der Waals surface area (Å²) in [6, 6.07) is -0.0104. The molecule has 1 rings (SSSR count). The number of ether oxygens (including phenoxy) is 1. The summed E-state index contributed by atoms with van der Waals surface area (Å²) in [5.74, 6) is 0. The zero-order valence-electron chi connectivity index (χ0n) is 7.77. The molecule has 72 valence electrons. The predicted molar refractivity (Wildman–Crippen MR) is 44.7 cm³/mol. The van der Waals surface area contributed by atoms with Crippen molar-refractivity contribution in [3.8, 4) is 0 Å². The van der Waals surface area contributed by atoms with Crippen LogP contribution in [-0.4, -0.2) is 53.7 Å². The van der Waals surface area contributed by atoms with Gasteiger partial charge in [0.2, 0.25) is 0 Å². The molecule has 0 aromatic heterocycles. The molecule has 12 heavy (non-hydrogen) atoms. The van der Waals surface area contributed by atoms with Crippen molar-refractivity contribution in [1.82, 2.24) is 4.90 Å². The number of hydrogen-bond acceptors (Lipinski definition) is 4. The van der Waals surface area contributed by atoms with E-state index in [1.807, 2.05) is 25.9 Å². The molecule has 0 bridgehead atoms. The largest absolute Gasteiger partial charge is 0.386 e. The van der Waals surface area contributed by atoms with E-state index in [2.05, 4.69) is 0 Å². The van der Waals surface area contributed by atoms with E-state index < -0.39 is 12.4 Å². The van der Waals surface area contributed by atoms with Gasteiger partial charge in [0.1, 0.15) is 6.10 Å². The van der Waals surface area contributed by atoms with Crippen LogP contribution in [0.25, 0.3) is 0 Å². The van der Waals surface area contributed by atoms with E-state index >= 15 is 0 Å². The van der Waals surface area contributed by atoms with Gasteiger partial charge >= 0.3 is 0 Å². The van der Waals surface area contributed by atoms with E-state index in [9.17, 15) is 10.2 Å². The Kier molecular flexibility index (Phi) is 3.06. The minimum Gasteiger partial charge on any atom is -0.386 e. The molecule has 0 spiro atoms. The summed E-state index contributed by atoms with van der Waals surface area (Å²) in [5, 5.41) is 18.8. The second-order valence-electron chi connectivity index (χ2n) is 3.59. The number of likely N-dealkylation sites (N-methyl/N-ethyl adjacent to an activating group) is 1. The van der Waals surface area contributed by atoms with Crippen LogP contribution in [0.3, 0.4) is 0 Å². The van der Waals surface area contributed by atoms with Crippen molar-refractivity contribution in [3.63, 3.8) is 0 Å². The van der Waals surface area contributed by atoms with Crippen molar-refractivity contribution in [2.45, 2.75) is 37.9 Å². The molecule has 1 aliphatic rings. The molecule has 4 atom stereocenters. The Balaban J connectivity index is 2.60. The van der Waals surface area contributed by atoms with Gasteiger partial charge in [-0.3, -0.25) is 0 Å². The number of aliphatic hydroxyl groups is 2. The summed E-state index contributed by atoms with van der Waals surface area (Å²) in [6.07, 6.45) is -1.07. The molecule has 1 fully saturated rings. The Morgan fingerprint density at radius 3 is 2.42 bits per heavy atom. The highest BCUT2D eigenvalue weighted by Gasteiger charge is 2.35. The molecule has 0 unspecified atom stereocenters. The quantitative estimate of drug-likeness (QED) is 0.559. The van der Waals surface area contributed by atoms with Crippen LogP contribution >= 0.6 is 0 Å². The van der Waals surface area contributed by atoms with E-state index in [-0.39, 0.29) is 12.1 Å². The summed E-state index contributed by atoms with van der Waals surface area (Å²) < 4.78 is 5.06. The lowest BCUT2D eigenvalue weighted by molar-refractivity contribution is -0.230. The molecule has 1 aliphatic heterocycles. The highest BCUT2D eigenvalue weighted by atomic mass is 16.6. The third-order valence-corrected chi connectivity index (χ3v) is 2.29. The number of nitrogens with zero attached hydrogens (tertiary/aromatic N) is 1. The van der Waals surface area contributed by atoms with Gasteiger partial charge in [0.05, 0.1) is 6.10 Å². The van der Waals surface area contributed by atoms with E-state index in [4.69, 9.17) is 4.74 Å². The number of rotatable bonds is 1. The average molecular weight is 175 g/mol. The van der Waals surface area contributed by atoms with Gasteiger partial charge in [0.15, 0.2) is 6.29 Å². The Labute approximate surface area is 72.7 Å². The maximum atomic E-state index is 9.51. The van der Waals surface area contributed by atoms with Crippen LogP contribution in [0.15, 0.2) is 0 Å². The van der Waals surface area contributed by atoms with E-state index in [1.54, 1.807) is 0 Å². The van der Waals surface area contributed by atoms with Crippen molar-refractivity contribution in [3.05, 3.63) is 0 Å². The fourth-order valence-corrected chi connectivity index (χ4v) is 1.56. The van der Waals surface area contributed by atoms with Gasteiger partial charge in [-0.25, -0.2) is 0 Å². The van der Waals surface area contributed by atoms with E-state index in [0.29, 0.717) is 0 Å². The van der Waals surface area contributed by atoms with Crippen molar-refractivity contribution in [1.29, 1.82) is 0 Å². The standard InChI is InChI=1S/C8H17NO3/c1-5-4-6(9(2)3)7(10)8(11)12-5/h5-8,10-11H,4H2,1-3H3/t5-,6+,7+,8-/m1/s1. The van der Waals surface area contributed by atoms with Crippen molar-refractivity contribution in [2.24, 2.45) is 0 Å². The first kappa shape index (κ1) is 9.92. The third-order valence-electron chi connectivity index (χ3n) is 2.29. The minimum atomic E-state index is -1.04. The number of hydrogen-bond donors (Lipinski definition) is 2. The molecule has 0 aromatic rings. The van der Waals surface area contributed by atoms with Crippen LogP contribution in [-0.2, 0) is 4.74 Å². The minimum absolute atomic E-state index is 0.01000. The van der Waals surface area contributed by atoms with Gasteiger partial charge < -0.3 is 19.8 Å². The van der Waals surface area contributed by atoms with Crippen LogP contribution in [0.4, 0.5) is 0 Å². The molecule has 4 nitrogen and oxygen atoms in total. The first-order valence-electron chi connectivity index (χ1n) is 4.20. The summed E-state index contributed by atoms with van der Waals surface area (Å²) in [5.41, 5.74) is 0. The Morgan fingerprint density at radius 1 is 1.33 bits per heavy atom. The van der Waals surface area contributed by atoms with Crippen molar-refractivity contribution in [2.75, 3.05) is 14.1 Å². The van der Waals surface area contributed by atoms with Crippen molar-refractivity contribution >= 4 is 0 Å². The van der Waals surface area contributed by atoms with Crippen LogP contribution < -0.4 is 0 Å². The average Bonchev–Trinajstić information content (AvgIpc) is 1.96. The second kappa shape index (κ2) is 3.70. The predicted octanol–water partition coefficient (Wildman–Crippen LogP) is -0.595. The molecule has 0 aromatic carbocycles. The Bertz CT molecular complexity index is 151. The lowest BCUT2D eigenvalue weighted by atomic mass is 9.99. The lowest BCUT2D eigenvalue weighted by Gasteiger charge is -2.38. The molecule has 0 amide bonds. The van der Waals surface area contributed by atoms with Gasteiger partial charge in [-0.2, -0.15) is 0 Å². The van der Waals surface area contributed by atoms with Gasteiger partial charge in [-0.1, -0.05) is 0 Å². The van der Waals surface area contributed by atoms with E-state index in [0.717, 1.165) is 6.42 Å². The monoisotopic (exact) mass is 175 g/mol. The van der Waals surface area contributed by atoms with Crippen LogP contribution in [0.5, 0.6) is 0 Å². The van der Waals surface area contributed by atoms with E-state index in [1.165, 1.54) is 0 Å². The van der Waals surface area contributed by atoms with Gasteiger partial charge in [-0.15, -0.1) is 0 Å². The summed E-state index contributed by atoms with van der Waals surface area (Å²) in [6.45, 7) is 1.89. The summed E-state index contributed by atoms with van der Waals surface area (Å²) >= 11 is 0. The molecular formula is C8H17NO3. The molecule has 1 saturated heterocycles. The van der Waals surface area contributed by atoms with Crippen LogP contribution in [0, 0.1) is 0 Å². The topological polar surface area (TPSA) is 52.9 Å². The SMILES string of the molecule is C[C@@H]1C[C@H](N(C)C)[C@H](O)[C@H](O)O1. The smallest absolute Gasteiger partial charge is 0.182 e. The molecule has 4 heteroatoms. The van der Waals surface area contributed by atoms with Gasteiger partial charge in [-0.05, 0) is 27.4 Å². The number of aliphatic hydroxyl groups excluding tert-OH is 2. The zero-order valence-corrected chi connectivity index (χ0v) is 7.77. The molecule has 0 aliphatic carbocycles. The fraction of sp³-hybridized carbons (Fsp3) is 1.00. The first-order valence-corrected chi connectivity index (χ1v) is 4.20. The molecule has 1 heterocycles. The van der Waals surface area contributed by atoms with Gasteiger partial charge in [0, 0.05) is 6.04 Å². The maximum absolute atomic E-state index is 9.51. The Hall–Kier alpha value is -0.160. The Morgan fingerprint density at radius 2 is 1.92 bits per heavy atom. The highest BCUT2D eigenvalue weighted by Crippen LogP contribution is 2.21. The third kappa shape index (κ3) is 1.95. The normalized spacial score (nSPS) is 43.5. The van der Waals surface area contributed by atoms with Gasteiger partial charge in [0.25, 0.3) is 0 Å². The molecular weight excluding hydrogens is 158 g/mol. The van der Waals surface area contributed by atoms with Crippen LogP contribution in [0.2, 0.25) is 0 Å². The zero-order chi connectivity index (χ0) is 9.30. The second-order valence-corrected chi connectivity index (χ2v) is 3.59. The van der Waals surface area contributed by atoms with Crippen molar-refractivity contribution < 1.29 is 14.9 Å². The summed E-state index contributed by atoms with van der Waals surface area (Å²) in [4.78, 5) is 1.91. The molecule has 0 saturated carbocycles. The molecule has 2 N–H and O–H groups in total. The maximum Gasteiger partial charge on any atom is 0.182 e. The lowest BCUT2D eigenvalue weighted by Crippen LogP contribution is -2.53. The molecule has 0 radical (unpaired) electrons. The highest BCUT2D eigenvalue weighted by molar-refractivity contribution is 4.84. The van der Waals surface area contributed by atoms with Crippen LogP contribution in [0.1, 0.15) is 13.3 Å².